The van der Waals surface area contributed by atoms with Crippen LogP contribution in [-0.2, 0) is 0 Å². The number of nitriles is 1. The van der Waals surface area contributed by atoms with Crippen molar-refractivity contribution in [2.45, 2.75) is 52.5 Å². The van der Waals surface area contributed by atoms with Crippen molar-refractivity contribution in [3.63, 3.8) is 0 Å². The molecular weight excluding hydrogens is 232 g/mol. The van der Waals surface area contributed by atoms with Crippen molar-refractivity contribution < 1.29 is 0 Å². The van der Waals surface area contributed by atoms with Crippen LogP contribution in [0.1, 0.15) is 50.7 Å². The fourth-order valence-electron chi connectivity index (χ4n) is 3.16. The Balaban J connectivity index is 2.40. The lowest BCUT2D eigenvalue weighted by Crippen LogP contribution is -2.37. The zero-order valence-electron chi connectivity index (χ0n) is 12.3. The Morgan fingerprint density at radius 3 is 2.58 bits per heavy atom. The second-order valence-electron chi connectivity index (χ2n) is 6.07. The third-order valence-corrected chi connectivity index (χ3v) is 3.97. The molecule has 0 N–H and O–H groups in total. The molecule has 102 valence electrons. The highest BCUT2D eigenvalue weighted by Gasteiger charge is 2.26. The van der Waals surface area contributed by atoms with Gasteiger partial charge in [-0.05, 0) is 37.3 Å². The van der Waals surface area contributed by atoms with Gasteiger partial charge in [-0.15, -0.1) is 0 Å². The fraction of sp³-hybridized carbons (Fsp3) is 0.588. The van der Waals surface area contributed by atoms with Crippen molar-refractivity contribution >= 4 is 5.69 Å². The predicted molar refractivity (Wildman–Crippen MR) is 80.3 cm³/mol. The molecule has 0 saturated heterocycles. The van der Waals surface area contributed by atoms with Crippen LogP contribution >= 0.6 is 0 Å². The molecule has 1 aliphatic rings. The minimum atomic E-state index is 0.617. The van der Waals surface area contributed by atoms with Crippen molar-refractivity contribution in [1.29, 1.82) is 5.26 Å². The molecule has 0 aromatic heterocycles. The normalized spacial score (nSPS) is 15.7. The van der Waals surface area contributed by atoms with Crippen LogP contribution in [0.15, 0.2) is 18.2 Å². The molecule has 0 aliphatic heterocycles. The summed E-state index contributed by atoms with van der Waals surface area (Å²) >= 11 is 0. The highest BCUT2D eigenvalue weighted by molar-refractivity contribution is 5.64. The van der Waals surface area contributed by atoms with Crippen LogP contribution in [0.2, 0.25) is 0 Å². The first-order chi connectivity index (χ1) is 9.13. The van der Waals surface area contributed by atoms with E-state index in [1.807, 2.05) is 12.1 Å². The van der Waals surface area contributed by atoms with E-state index in [9.17, 15) is 5.26 Å². The molecule has 2 nitrogen and oxygen atoms in total. The molecule has 0 radical (unpaired) electrons. The Hall–Kier alpha value is -1.49. The minimum Gasteiger partial charge on any atom is -0.367 e. The maximum Gasteiger partial charge on any atom is 0.101 e. The van der Waals surface area contributed by atoms with Crippen LogP contribution in [0.3, 0.4) is 0 Å². The third kappa shape index (κ3) is 3.10. The summed E-state index contributed by atoms with van der Waals surface area (Å²) < 4.78 is 0. The monoisotopic (exact) mass is 256 g/mol. The topological polar surface area (TPSA) is 27.0 Å². The van der Waals surface area contributed by atoms with Gasteiger partial charge in [-0.2, -0.15) is 5.26 Å². The molecule has 0 amide bonds. The van der Waals surface area contributed by atoms with Gasteiger partial charge < -0.3 is 4.90 Å². The largest absolute Gasteiger partial charge is 0.367 e. The summed E-state index contributed by atoms with van der Waals surface area (Å²) in [5, 5.41) is 9.39. The number of aryl methyl sites for hydroxylation is 1. The summed E-state index contributed by atoms with van der Waals surface area (Å²) in [5.74, 6) is 0.617. The predicted octanol–water partition coefficient (Wildman–Crippen LogP) is 4.27. The number of benzene rings is 1. The van der Waals surface area contributed by atoms with Gasteiger partial charge in [0.1, 0.15) is 6.07 Å². The van der Waals surface area contributed by atoms with Gasteiger partial charge in [0.2, 0.25) is 0 Å². The quantitative estimate of drug-likeness (QED) is 0.804. The highest BCUT2D eigenvalue weighted by atomic mass is 15.2. The Labute approximate surface area is 117 Å². The second-order valence-corrected chi connectivity index (χ2v) is 6.07. The lowest BCUT2D eigenvalue weighted by Gasteiger charge is -2.34. The van der Waals surface area contributed by atoms with Crippen molar-refractivity contribution in [2.75, 3.05) is 11.4 Å². The third-order valence-electron chi connectivity index (χ3n) is 3.97. The molecule has 0 spiro atoms. The first-order valence-corrected chi connectivity index (χ1v) is 7.40. The van der Waals surface area contributed by atoms with Crippen molar-refractivity contribution in [3.05, 3.63) is 29.3 Å². The molecule has 1 fully saturated rings. The van der Waals surface area contributed by atoms with Crippen LogP contribution in [0.5, 0.6) is 0 Å². The fourth-order valence-corrected chi connectivity index (χ4v) is 3.16. The van der Waals surface area contributed by atoms with Crippen molar-refractivity contribution in [3.8, 4) is 6.07 Å². The van der Waals surface area contributed by atoms with E-state index in [0.717, 1.165) is 12.1 Å². The van der Waals surface area contributed by atoms with Crippen molar-refractivity contribution in [2.24, 2.45) is 5.92 Å². The molecule has 1 aromatic carbocycles. The Morgan fingerprint density at radius 1 is 1.32 bits per heavy atom. The molecule has 1 aromatic rings. The number of rotatable bonds is 4. The van der Waals surface area contributed by atoms with E-state index in [1.54, 1.807) is 0 Å². The molecule has 2 rings (SSSR count). The zero-order valence-corrected chi connectivity index (χ0v) is 12.3. The Kier molecular flexibility index (Phi) is 4.47. The molecule has 2 heteroatoms. The molecule has 1 saturated carbocycles. The van der Waals surface area contributed by atoms with Crippen LogP contribution in [0.25, 0.3) is 0 Å². The summed E-state index contributed by atoms with van der Waals surface area (Å²) in [5.41, 5.74) is 3.23. The average Bonchev–Trinajstić information content (AvgIpc) is 2.89. The number of hydrogen-bond acceptors (Lipinski definition) is 2. The van der Waals surface area contributed by atoms with Gasteiger partial charge in [-0.25, -0.2) is 0 Å². The van der Waals surface area contributed by atoms with Crippen molar-refractivity contribution in [1.82, 2.24) is 0 Å². The Morgan fingerprint density at radius 2 is 2.00 bits per heavy atom. The van der Waals surface area contributed by atoms with E-state index in [0.29, 0.717) is 12.0 Å². The van der Waals surface area contributed by atoms with Gasteiger partial charge in [0.05, 0.1) is 11.3 Å². The van der Waals surface area contributed by atoms with Crippen LogP contribution in [-0.4, -0.2) is 12.6 Å². The zero-order chi connectivity index (χ0) is 13.8. The summed E-state index contributed by atoms with van der Waals surface area (Å²) in [6, 6.07) is 9.05. The van der Waals surface area contributed by atoms with E-state index in [1.165, 1.54) is 36.9 Å². The van der Waals surface area contributed by atoms with Gasteiger partial charge in [-0.1, -0.05) is 38.8 Å². The van der Waals surface area contributed by atoms with Crippen LogP contribution in [0.4, 0.5) is 5.69 Å². The molecule has 0 bridgehead atoms. The standard InChI is InChI=1S/C17H24N2/c1-13(2)12-19(16-9-4-5-10-16)17-14(3)7-6-8-15(17)11-18/h6-8,13,16H,4-5,9-10,12H2,1-3H3. The van der Waals surface area contributed by atoms with E-state index in [2.05, 4.69) is 37.8 Å². The summed E-state index contributed by atoms with van der Waals surface area (Å²) in [6.45, 7) is 7.68. The molecular formula is C17H24N2. The van der Waals surface area contributed by atoms with Gasteiger partial charge >= 0.3 is 0 Å². The number of para-hydroxylation sites is 1. The molecule has 0 heterocycles. The lowest BCUT2D eigenvalue weighted by molar-refractivity contribution is 0.534. The second kappa shape index (κ2) is 6.10. The molecule has 19 heavy (non-hydrogen) atoms. The van der Waals surface area contributed by atoms with E-state index >= 15 is 0 Å². The van der Waals surface area contributed by atoms with E-state index in [-0.39, 0.29) is 0 Å². The summed E-state index contributed by atoms with van der Waals surface area (Å²) in [7, 11) is 0. The molecule has 1 aliphatic carbocycles. The first-order valence-electron chi connectivity index (χ1n) is 7.40. The van der Waals surface area contributed by atoms with E-state index < -0.39 is 0 Å². The molecule has 0 unspecified atom stereocenters. The summed E-state index contributed by atoms with van der Waals surface area (Å²) in [4.78, 5) is 2.51. The summed E-state index contributed by atoms with van der Waals surface area (Å²) in [6.07, 6.45) is 5.19. The first kappa shape index (κ1) is 13.9. The number of hydrogen-bond donors (Lipinski definition) is 0. The SMILES string of the molecule is Cc1cccc(C#N)c1N(CC(C)C)C1CCCC1. The number of nitrogens with zero attached hydrogens (tertiary/aromatic N) is 2. The highest BCUT2D eigenvalue weighted by Crippen LogP contribution is 2.33. The van der Waals surface area contributed by atoms with Gasteiger partial charge in [0.25, 0.3) is 0 Å². The Bertz CT molecular complexity index is 465. The number of anilines is 1. The average molecular weight is 256 g/mol. The smallest absolute Gasteiger partial charge is 0.101 e. The lowest BCUT2D eigenvalue weighted by atomic mass is 10.0. The minimum absolute atomic E-state index is 0.617. The van der Waals surface area contributed by atoms with Gasteiger partial charge in [0, 0.05) is 12.6 Å². The maximum absolute atomic E-state index is 9.39. The van der Waals surface area contributed by atoms with Crippen LogP contribution < -0.4 is 4.90 Å². The van der Waals surface area contributed by atoms with E-state index in [4.69, 9.17) is 0 Å². The molecule has 0 atom stereocenters. The van der Waals surface area contributed by atoms with Gasteiger partial charge in [-0.3, -0.25) is 0 Å². The van der Waals surface area contributed by atoms with Crippen LogP contribution in [0, 0.1) is 24.2 Å². The van der Waals surface area contributed by atoms with Gasteiger partial charge in [0.15, 0.2) is 0 Å². The maximum atomic E-state index is 9.39.